The summed E-state index contributed by atoms with van der Waals surface area (Å²) in [7, 11) is 0. The van der Waals surface area contributed by atoms with Crippen LogP contribution in [0.4, 0.5) is 8.78 Å². The van der Waals surface area contributed by atoms with Gasteiger partial charge in [0.15, 0.2) is 17.6 Å². The summed E-state index contributed by atoms with van der Waals surface area (Å²) in [6.45, 7) is 0. The molecule has 1 aromatic rings. The topological polar surface area (TPSA) is 9.23 Å². The number of benzene rings is 1. The second-order valence-corrected chi connectivity index (χ2v) is 2.55. The fraction of sp³-hybridized carbons (Fsp3) is 0.143. The van der Waals surface area contributed by atoms with Gasteiger partial charge in [-0.15, -0.1) is 0 Å². The summed E-state index contributed by atoms with van der Waals surface area (Å²) in [5.74, 6) is -2.49. The third-order valence-corrected chi connectivity index (χ3v) is 1.61. The van der Waals surface area contributed by atoms with Crippen LogP contribution in [-0.4, -0.2) is 6.07 Å². The summed E-state index contributed by atoms with van der Waals surface area (Å²) >= 11 is 10.4. The molecule has 0 aromatic heterocycles. The van der Waals surface area contributed by atoms with Crippen molar-refractivity contribution in [3.8, 4) is 5.75 Å². The summed E-state index contributed by atoms with van der Waals surface area (Å²) in [6.07, 6.45) is 0. The lowest BCUT2D eigenvalue weighted by atomic mass is 10.3. The van der Waals surface area contributed by atoms with Crippen LogP contribution < -0.4 is 4.74 Å². The number of rotatable bonds is 2. The monoisotopic (exact) mass is 212 g/mol. The summed E-state index contributed by atoms with van der Waals surface area (Å²) < 4.78 is 30.1. The number of ether oxygens (including phenoxy) is 1. The lowest BCUT2D eigenvalue weighted by Crippen LogP contribution is -1.95. The van der Waals surface area contributed by atoms with Crippen LogP contribution in [0.15, 0.2) is 12.1 Å². The molecular formula is C7H4Cl2F2O. The molecule has 0 unspecified atom stereocenters. The molecule has 1 nitrogen and oxygen atoms in total. The van der Waals surface area contributed by atoms with Gasteiger partial charge < -0.3 is 4.74 Å². The lowest BCUT2D eigenvalue weighted by Gasteiger charge is -2.03. The van der Waals surface area contributed by atoms with Crippen molar-refractivity contribution >= 4 is 23.2 Å². The molecule has 0 saturated heterocycles. The highest BCUT2D eigenvalue weighted by molar-refractivity contribution is 6.30. The maximum Gasteiger partial charge on any atom is 0.202 e. The highest BCUT2D eigenvalue weighted by Crippen LogP contribution is 2.25. The van der Waals surface area contributed by atoms with Crippen molar-refractivity contribution in [2.45, 2.75) is 0 Å². The number of hydrogen-bond donors (Lipinski definition) is 0. The van der Waals surface area contributed by atoms with E-state index in [4.69, 9.17) is 23.2 Å². The number of alkyl halides is 1. The predicted octanol–water partition coefficient (Wildman–Crippen LogP) is 3.19. The maximum atomic E-state index is 12.8. The fourth-order valence-electron chi connectivity index (χ4n) is 0.678. The molecule has 0 spiro atoms. The molecule has 0 aliphatic carbocycles. The zero-order chi connectivity index (χ0) is 9.14. The van der Waals surface area contributed by atoms with Crippen molar-refractivity contribution in [2.24, 2.45) is 0 Å². The van der Waals surface area contributed by atoms with Crippen LogP contribution in [0.3, 0.4) is 0 Å². The first-order valence-electron chi connectivity index (χ1n) is 2.99. The van der Waals surface area contributed by atoms with E-state index in [9.17, 15) is 8.78 Å². The molecule has 0 bridgehead atoms. The molecule has 0 atom stereocenters. The van der Waals surface area contributed by atoms with Crippen molar-refractivity contribution in [3.05, 3.63) is 28.8 Å². The Hall–Kier alpha value is -0.540. The molecule has 1 aromatic carbocycles. The zero-order valence-electron chi connectivity index (χ0n) is 5.78. The van der Waals surface area contributed by atoms with E-state index >= 15 is 0 Å². The average molecular weight is 213 g/mol. The van der Waals surface area contributed by atoms with Crippen LogP contribution in [0.5, 0.6) is 5.75 Å². The summed E-state index contributed by atoms with van der Waals surface area (Å²) in [5.41, 5.74) is 0. The molecule has 0 heterocycles. The molecule has 5 heteroatoms. The quantitative estimate of drug-likeness (QED) is 0.541. The van der Waals surface area contributed by atoms with Crippen molar-refractivity contribution in [3.63, 3.8) is 0 Å². The van der Waals surface area contributed by atoms with Gasteiger partial charge in [0.25, 0.3) is 0 Å². The predicted molar refractivity (Wildman–Crippen MR) is 42.7 cm³/mol. The van der Waals surface area contributed by atoms with Gasteiger partial charge in [-0.2, -0.15) is 4.39 Å². The van der Waals surface area contributed by atoms with Gasteiger partial charge >= 0.3 is 0 Å². The minimum Gasteiger partial charge on any atom is -0.475 e. The Kier molecular flexibility index (Phi) is 3.12. The van der Waals surface area contributed by atoms with E-state index in [-0.39, 0.29) is 16.8 Å². The first kappa shape index (κ1) is 9.55. The van der Waals surface area contributed by atoms with E-state index in [0.717, 1.165) is 0 Å². The number of hydrogen-bond acceptors (Lipinski definition) is 1. The van der Waals surface area contributed by atoms with Gasteiger partial charge in [-0.25, -0.2) is 4.39 Å². The molecule has 0 amide bonds. The molecule has 12 heavy (non-hydrogen) atoms. The molecule has 0 N–H and O–H groups in total. The second kappa shape index (κ2) is 3.92. The minimum absolute atomic E-state index is 0.238. The van der Waals surface area contributed by atoms with E-state index in [1.807, 2.05) is 0 Å². The molecule has 0 fully saturated rings. The number of halogens is 4. The molecule has 0 aliphatic heterocycles. The van der Waals surface area contributed by atoms with Crippen molar-refractivity contribution in [1.82, 2.24) is 0 Å². The Morgan fingerprint density at radius 1 is 1.25 bits per heavy atom. The Balaban J connectivity index is 3.08. The Bertz CT molecular complexity index is 291. The second-order valence-electron chi connectivity index (χ2n) is 1.93. The van der Waals surface area contributed by atoms with Gasteiger partial charge in [0, 0.05) is 0 Å². The normalized spacial score (nSPS) is 10.0. The van der Waals surface area contributed by atoms with Gasteiger partial charge in [-0.1, -0.05) is 23.2 Å². The van der Waals surface area contributed by atoms with Gasteiger partial charge in [0.05, 0.1) is 5.02 Å². The van der Waals surface area contributed by atoms with Gasteiger partial charge in [-0.05, 0) is 12.1 Å². The van der Waals surface area contributed by atoms with Crippen LogP contribution >= 0.6 is 23.2 Å². The van der Waals surface area contributed by atoms with E-state index in [1.54, 1.807) is 0 Å². The third kappa shape index (κ3) is 1.79. The van der Waals surface area contributed by atoms with Crippen LogP contribution in [-0.2, 0) is 0 Å². The lowest BCUT2D eigenvalue weighted by molar-refractivity contribution is 0.352. The summed E-state index contributed by atoms with van der Waals surface area (Å²) in [5, 5.41) is -0.283. The maximum absolute atomic E-state index is 12.8. The Morgan fingerprint density at radius 2 is 1.92 bits per heavy atom. The van der Waals surface area contributed by atoms with E-state index in [2.05, 4.69) is 4.74 Å². The first-order chi connectivity index (χ1) is 5.66. The van der Waals surface area contributed by atoms with Crippen molar-refractivity contribution in [1.29, 1.82) is 0 Å². The molecule has 0 aliphatic rings. The van der Waals surface area contributed by atoms with Gasteiger partial charge in [0.2, 0.25) is 5.82 Å². The molecular weight excluding hydrogens is 209 g/mol. The highest BCUT2D eigenvalue weighted by Gasteiger charge is 2.12. The minimum atomic E-state index is -1.13. The summed E-state index contributed by atoms with van der Waals surface area (Å²) in [6, 6.07) is 2.17. The first-order valence-corrected chi connectivity index (χ1v) is 3.90. The SMILES string of the molecule is Fc1c(Cl)ccc(OCCl)c1F. The largest absolute Gasteiger partial charge is 0.475 e. The van der Waals surface area contributed by atoms with E-state index in [1.165, 1.54) is 12.1 Å². The summed E-state index contributed by atoms with van der Waals surface area (Å²) in [4.78, 5) is 0. The zero-order valence-corrected chi connectivity index (χ0v) is 7.29. The van der Waals surface area contributed by atoms with Gasteiger partial charge in [0.1, 0.15) is 0 Å². The van der Waals surface area contributed by atoms with Gasteiger partial charge in [-0.3, -0.25) is 0 Å². The molecule has 0 saturated carbocycles. The molecule has 1 rings (SSSR count). The Morgan fingerprint density at radius 3 is 2.50 bits per heavy atom. The standard InChI is InChI=1S/C7H4Cl2F2O/c8-3-12-5-2-1-4(9)6(10)7(5)11/h1-2H,3H2. The van der Waals surface area contributed by atoms with Crippen molar-refractivity contribution < 1.29 is 13.5 Å². The van der Waals surface area contributed by atoms with Crippen LogP contribution in [0.2, 0.25) is 5.02 Å². The average Bonchev–Trinajstić information content (AvgIpc) is 2.07. The molecule has 0 radical (unpaired) electrons. The highest BCUT2D eigenvalue weighted by atomic mass is 35.5. The van der Waals surface area contributed by atoms with Crippen LogP contribution in [0, 0.1) is 11.6 Å². The molecule has 66 valence electrons. The third-order valence-electron chi connectivity index (χ3n) is 1.21. The van der Waals surface area contributed by atoms with Crippen LogP contribution in [0.1, 0.15) is 0 Å². The fourth-order valence-corrected chi connectivity index (χ4v) is 0.942. The Labute approximate surface area is 77.8 Å². The van der Waals surface area contributed by atoms with Crippen molar-refractivity contribution in [2.75, 3.05) is 6.07 Å². The van der Waals surface area contributed by atoms with E-state index in [0.29, 0.717) is 0 Å². The van der Waals surface area contributed by atoms with E-state index < -0.39 is 11.6 Å². The van der Waals surface area contributed by atoms with Crippen LogP contribution in [0.25, 0.3) is 0 Å². The smallest absolute Gasteiger partial charge is 0.202 e.